The van der Waals surface area contributed by atoms with Gasteiger partial charge >= 0.3 is 6.18 Å². The lowest BCUT2D eigenvalue weighted by molar-refractivity contribution is -0.137. The Hall–Kier alpha value is -4.19. The van der Waals surface area contributed by atoms with Gasteiger partial charge in [0.2, 0.25) is 0 Å². The minimum atomic E-state index is -4.46. The van der Waals surface area contributed by atoms with E-state index in [1.54, 1.807) is 41.0 Å². The van der Waals surface area contributed by atoms with Gasteiger partial charge in [0.25, 0.3) is 5.91 Å². The summed E-state index contributed by atoms with van der Waals surface area (Å²) in [6, 6.07) is 7.32. The maximum atomic E-state index is 13.7. The van der Waals surface area contributed by atoms with Crippen LogP contribution in [-0.2, 0) is 24.5 Å². The quantitative estimate of drug-likeness (QED) is 0.410. The minimum Gasteiger partial charge on any atom is -0.383 e. The second-order valence-corrected chi connectivity index (χ2v) is 8.80. The number of fused-ring (bicyclic) bond motifs is 4. The van der Waals surface area contributed by atoms with Gasteiger partial charge in [-0.1, -0.05) is 0 Å². The first-order chi connectivity index (χ1) is 17.2. The number of aryl methyl sites for hydroxylation is 1. The Morgan fingerprint density at radius 3 is 2.69 bits per heavy atom. The van der Waals surface area contributed by atoms with E-state index in [9.17, 15) is 18.0 Å². The molecule has 0 aliphatic carbocycles. The van der Waals surface area contributed by atoms with Crippen LogP contribution in [0.1, 0.15) is 21.6 Å². The Bertz CT molecular complexity index is 1650. The Morgan fingerprint density at radius 1 is 1.17 bits per heavy atom. The molecule has 5 aromatic rings. The Labute approximate surface area is 201 Å². The third-order valence-electron chi connectivity index (χ3n) is 6.44. The van der Waals surface area contributed by atoms with E-state index in [2.05, 4.69) is 15.1 Å². The summed E-state index contributed by atoms with van der Waals surface area (Å²) in [6.45, 7) is 0.860. The molecular formula is C24H20F3N7O2. The number of ether oxygens (including phenoxy) is 1. The molecule has 0 unspecified atom stereocenters. The zero-order valence-corrected chi connectivity index (χ0v) is 19.0. The molecule has 1 saturated heterocycles. The number of hydrogen-bond acceptors (Lipinski definition) is 6. The average Bonchev–Trinajstić information content (AvgIpc) is 3.39. The predicted octanol–water partition coefficient (Wildman–Crippen LogP) is 3.41. The molecule has 1 amide bonds. The Kier molecular flexibility index (Phi) is 4.90. The first-order valence-electron chi connectivity index (χ1n) is 11.1. The molecule has 1 fully saturated rings. The highest BCUT2D eigenvalue weighted by atomic mass is 19.4. The van der Waals surface area contributed by atoms with E-state index < -0.39 is 11.7 Å². The second kappa shape index (κ2) is 7.92. The molecule has 0 spiro atoms. The number of amides is 1. The van der Waals surface area contributed by atoms with Gasteiger partial charge in [0.15, 0.2) is 0 Å². The molecule has 2 N–H and O–H groups in total. The first-order valence-corrected chi connectivity index (χ1v) is 11.1. The van der Waals surface area contributed by atoms with Gasteiger partial charge in [-0.2, -0.15) is 18.3 Å². The Balaban J connectivity index is 1.37. The van der Waals surface area contributed by atoms with E-state index in [0.717, 1.165) is 23.2 Å². The number of benzene rings is 1. The zero-order valence-electron chi connectivity index (χ0n) is 19.0. The predicted molar refractivity (Wildman–Crippen MR) is 125 cm³/mol. The van der Waals surface area contributed by atoms with Crippen molar-refractivity contribution in [3.8, 4) is 0 Å². The largest absolute Gasteiger partial charge is 0.417 e. The van der Waals surface area contributed by atoms with Gasteiger partial charge in [-0.15, -0.1) is 0 Å². The molecule has 1 aliphatic rings. The van der Waals surface area contributed by atoms with Gasteiger partial charge in [-0.05, 0) is 30.3 Å². The van der Waals surface area contributed by atoms with Crippen LogP contribution in [0.25, 0.3) is 27.5 Å². The number of pyridine rings is 2. The van der Waals surface area contributed by atoms with Crippen molar-refractivity contribution in [3.05, 3.63) is 65.7 Å². The zero-order chi connectivity index (χ0) is 25.2. The fourth-order valence-corrected chi connectivity index (χ4v) is 4.49. The van der Waals surface area contributed by atoms with Crippen LogP contribution < -0.4 is 5.73 Å². The molecule has 1 aliphatic heterocycles. The molecule has 6 rings (SSSR count). The number of rotatable bonds is 4. The minimum absolute atomic E-state index is 0.120. The van der Waals surface area contributed by atoms with E-state index in [4.69, 9.17) is 10.5 Å². The van der Waals surface area contributed by atoms with Crippen molar-refractivity contribution in [2.24, 2.45) is 7.05 Å². The van der Waals surface area contributed by atoms with E-state index in [-0.39, 0.29) is 18.5 Å². The van der Waals surface area contributed by atoms with Crippen LogP contribution in [0, 0.1) is 0 Å². The molecule has 0 radical (unpaired) electrons. The van der Waals surface area contributed by atoms with Gasteiger partial charge in [0, 0.05) is 30.4 Å². The van der Waals surface area contributed by atoms with Crippen LogP contribution in [0.5, 0.6) is 0 Å². The van der Waals surface area contributed by atoms with E-state index in [1.165, 1.54) is 16.7 Å². The summed E-state index contributed by atoms with van der Waals surface area (Å²) >= 11 is 0. The highest BCUT2D eigenvalue weighted by molar-refractivity contribution is 6.10. The highest BCUT2D eigenvalue weighted by Crippen LogP contribution is 2.30. The molecule has 36 heavy (non-hydrogen) atoms. The number of aromatic nitrogens is 5. The normalized spacial score (nSPS) is 14.6. The molecule has 1 aromatic carbocycles. The van der Waals surface area contributed by atoms with Crippen molar-refractivity contribution < 1.29 is 22.7 Å². The summed E-state index contributed by atoms with van der Waals surface area (Å²) in [6.07, 6.45) is -0.321. The molecule has 9 nitrogen and oxygen atoms in total. The monoisotopic (exact) mass is 495 g/mol. The summed E-state index contributed by atoms with van der Waals surface area (Å²) in [7, 11) is 1.79. The number of halogens is 3. The van der Waals surface area contributed by atoms with Crippen molar-refractivity contribution in [3.63, 3.8) is 0 Å². The summed E-state index contributed by atoms with van der Waals surface area (Å²) in [5.41, 5.74) is 7.98. The standard InChI is InChI=1S/C24H20F3N7O2/c1-32-21-17-6-13(2-4-19(17)31-22(28)18(21)7-29-32)23(35)34(16-11-36-12-16)10-15-9-33-8-14(24(25,26)27)3-5-20(33)30-15/h2-9,16H,10-12H2,1H3,(H2,28,31). The first kappa shape index (κ1) is 22.3. The second-order valence-electron chi connectivity index (χ2n) is 8.80. The van der Waals surface area contributed by atoms with Crippen LogP contribution >= 0.6 is 0 Å². The maximum absolute atomic E-state index is 13.7. The number of nitrogens with zero attached hydrogens (tertiary/aromatic N) is 6. The van der Waals surface area contributed by atoms with Crippen molar-refractivity contribution in [1.29, 1.82) is 0 Å². The van der Waals surface area contributed by atoms with E-state index in [1.807, 2.05) is 0 Å². The van der Waals surface area contributed by atoms with Crippen LogP contribution in [0.3, 0.4) is 0 Å². The summed E-state index contributed by atoms with van der Waals surface area (Å²) in [5, 5.41) is 5.70. The van der Waals surface area contributed by atoms with E-state index in [0.29, 0.717) is 46.8 Å². The summed E-state index contributed by atoms with van der Waals surface area (Å²) < 4.78 is 47.6. The number of carbonyl (C=O) groups is 1. The van der Waals surface area contributed by atoms with Crippen LogP contribution in [-0.4, -0.2) is 54.2 Å². The smallest absolute Gasteiger partial charge is 0.383 e. The van der Waals surface area contributed by atoms with Crippen LogP contribution in [0.4, 0.5) is 19.0 Å². The number of alkyl halides is 3. The van der Waals surface area contributed by atoms with Crippen molar-refractivity contribution in [2.75, 3.05) is 18.9 Å². The van der Waals surface area contributed by atoms with Gasteiger partial charge in [0.05, 0.1) is 59.7 Å². The number of carbonyl (C=O) groups excluding carboxylic acids is 1. The molecular weight excluding hydrogens is 475 g/mol. The Morgan fingerprint density at radius 2 is 1.97 bits per heavy atom. The fraction of sp³-hybridized carbons (Fsp3) is 0.250. The molecule has 184 valence electrons. The van der Waals surface area contributed by atoms with Crippen LogP contribution in [0.2, 0.25) is 0 Å². The molecule has 0 atom stereocenters. The number of anilines is 1. The van der Waals surface area contributed by atoms with Gasteiger partial charge < -0.3 is 19.8 Å². The molecule has 0 bridgehead atoms. The van der Waals surface area contributed by atoms with Crippen molar-refractivity contribution in [2.45, 2.75) is 18.8 Å². The SMILES string of the molecule is Cn1ncc2c(N)nc3ccc(C(=O)N(Cc4cn5cc(C(F)(F)F)ccc5n4)C4COC4)cc3c21. The summed E-state index contributed by atoms with van der Waals surface area (Å²) in [4.78, 5) is 24.2. The number of imidazole rings is 1. The van der Waals surface area contributed by atoms with Gasteiger partial charge in [-0.3, -0.25) is 9.48 Å². The average molecular weight is 495 g/mol. The van der Waals surface area contributed by atoms with Gasteiger partial charge in [-0.25, -0.2) is 9.97 Å². The summed E-state index contributed by atoms with van der Waals surface area (Å²) in [5.74, 6) is 0.115. The van der Waals surface area contributed by atoms with Crippen molar-refractivity contribution in [1.82, 2.24) is 29.0 Å². The van der Waals surface area contributed by atoms with Crippen LogP contribution in [0.15, 0.2) is 48.9 Å². The van der Waals surface area contributed by atoms with Crippen molar-refractivity contribution >= 4 is 39.2 Å². The van der Waals surface area contributed by atoms with Gasteiger partial charge in [0.1, 0.15) is 11.5 Å². The highest BCUT2D eigenvalue weighted by Gasteiger charge is 2.33. The lowest BCUT2D eigenvalue weighted by atomic mass is 10.1. The molecule has 0 saturated carbocycles. The lowest BCUT2D eigenvalue weighted by Gasteiger charge is -2.37. The number of hydrogen-bond donors (Lipinski definition) is 1. The van der Waals surface area contributed by atoms with E-state index >= 15 is 0 Å². The molecule has 5 heterocycles. The fourth-order valence-electron chi connectivity index (χ4n) is 4.49. The molecule has 4 aromatic heterocycles. The third kappa shape index (κ3) is 3.61. The number of nitrogens with two attached hydrogens (primary N) is 1. The molecule has 12 heteroatoms. The third-order valence-corrected chi connectivity index (χ3v) is 6.44. The lowest BCUT2D eigenvalue weighted by Crippen LogP contribution is -2.51. The number of nitrogen functional groups attached to an aromatic ring is 1. The maximum Gasteiger partial charge on any atom is 0.417 e. The topological polar surface area (TPSA) is 104 Å².